The standard InChI is InChI=1S/C38H40F3N5O4.C38H41F3N4O4.C38H41F3N4O3/c1-9-29(48)44-18-27-37(49)43(8)36-35(45(27)16-21(44)5)24-15-26(40)31(30-25(39)11-10-12-28(30)47)32(41)34(24)46(38(36)50)33-20(4)13-22(17-42(6)7)14-23(33)19(2)3;1-8-30(47)43-19-24-12-13-49-37-36(44(24)17-22(43)5)26-16-28(40)32(31-27(39)10-9-11-29(31)46)33(41)35(26)45(38(37)48)34-21(4)14-23(18-42(6)7)15-25(34)20(2)3;1-8-31(47)43-19-24-12-13-25-36(44(24)17-22(43)5)27-16-29(40)33(32-28(39)10-9-11-30(32)46)34(41)37(27)45(38(25)48)35-21(4)14-23(18-42(6)7)15-26(35)20(2)3/h9-15,19,21,27,47H,1,16-18H2,2-8H3;8-11,14-16,20,22,24,46H,1,12-13,17-19H2,2-7H3;8-11,14-16,20,22,24,46H,1,12-13,17-19H2,2-7H3. The Bertz CT molecular complexity index is 7600. The largest absolute Gasteiger partial charge is 0.507 e. The molecule has 147 heavy (non-hydrogen) atoms. The zero-order chi connectivity index (χ0) is 107. The van der Waals surface area contributed by atoms with Crippen LogP contribution in [0.3, 0.4) is 0 Å². The summed E-state index contributed by atoms with van der Waals surface area (Å²) in [7, 11) is 13.1. The number of hydrogen-bond acceptors (Lipinski definition) is 17. The molecule has 9 aromatic carbocycles. The number of nitrogens with zero attached hydrogens (tertiary/aromatic N) is 13. The van der Waals surface area contributed by atoms with Crippen LogP contribution in [0.5, 0.6) is 23.0 Å². The minimum atomic E-state index is -1.25. The molecule has 3 fully saturated rings. The SMILES string of the molecule is C=CC(=O)N1CC2C(=O)N(C)c3c(c4cc(F)c(-c5c(O)cccc5F)c(F)c4n(-c4c(C)cc(CN(C)C)cc4C(C)C)c3=O)N2CC1C.C=CC(=O)N1CC2CCOc3c(c4cc(F)c(-c5c(O)cccc5F)c(F)c4n(-c4c(C)cc(CN(C)C)cc4C(C)C)c3=O)N2CC1C.C=CC(=O)N1CC2CCc3c(c4cc(F)c(-c5c(O)cccc5F)c(F)c4n(-c4c(C)cc(CN(C)C)cc4C(C)C)c3=O)N2CC1C. The van der Waals surface area contributed by atoms with E-state index in [-0.39, 0.29) is 148 Å². The first-order valence-corrected chi connectivity index (χ1v) is 49.2. The molecule has 6 aliphatic rings. The van der Waals surface area contributed by atoms with Crippen LogP contribution in [0.15, 0.2) is 162 Å². The molecular weight excluding hydrogens is 1900 g/mol. The van der Waals surface area contributed by atoms with Gasteiger partial charge in [-0.2, -0.15) is 0 Å². The number of carbonyl (C=O) groups excluding carboxylic acids is 4. The van der Waals surface area contributed by atoms with E-state index >= 15 is 44.3 Å². The number of phenolic OH excluding ortho intramolecular Hbond substituents is 3. The van der Waals surface area contributed by atoms with Gasteiger partial charge in [0.1, 0.15) is 63.9 Å². The second kappa shape index (κ2) is 41.1. The van der Waals surface area contributed by atoms with Crippen molar-refractivity contribution in [3.05, 3.63) is 286 Å². The minimum Gasteiger partial charge on any atom is -0.507 e. The molecule has 0 aliphatic carbocycles. The molecule has 0 radical (unpaired) electrons. The molecule has 0 bridgehead atoms. The van der Waals surface area contributed by atoms with Gasteiger partial charge in [0.25, 0.3) is 22.6 Å². The highest BCUT2D eigenvalue weighted by Gasteiger charge is 2.49. The number of anilines is 4. The lowest BCUT2D eigenvalue weighted by molar-refractivity contribution is -0.131. The number of aromatic nitrogens is 3. The van der Waals surface area contributed by atoms with Crippen LogP contribution >= 0.6 is 0 Å². The fourth-order valence-corrected chi connectivity index (χ4v) is 22.6. The van der Waals surface area contributed by atoms with E-state index in [0.717, 1.165) is 88.0 Å². The van der Waals surface area contributed by atoms with Gasteiger partial charge in [0.05, 0.1) is 103 Å². The van der Waals surface area contributed by atoms with Gasteiger partial charge in [0.2, 0.25) is 23.5 Å². The van der Waals surface area contributed by atoms with E-state index in [2.05, 4.69) is 19.7 Å². The third-order valence-corrected chi connectivity index (χ3v) is 29.0. The molecular formula is C114H122F9N13O11. The number of aromatic hydroxyl groups is 3. The number of amides is 4. The molecule has 772 valence electrons. The lowest BCUT2D eigenvalue weighted by Crippen LogP contribution is -2.66. The van der Waals surface area contributed by atoms with Gasteiger partial charge in [-0.1, -0.05) is 116 Å². The van der Waals surface area contributed by atoms with E-state index in [4.69, 9.17) is 4.74 Å². The summed E-state index contributed by atoms with van der Waals surface area (Å²) < 4.78 is 157. The summed E-state index contributed by atoms with van der Waals surface area (Å²) in [6.07, 6.45) is 5.03. The van der Waals surface area contributed by atoms with Crippen LogP contribution in [-0.2, 0) is 45.2 Å². The average molecular weight is 2020 g/mol. The van der Waals surface area contributed by atoms with Crippen molar-refractivity contribution < 1.29 is 78.7 Å². The zero-order valence-electron chi connectivity index (χ0n) is 86.0. The Labute approximate surface area is 846 Å². The maximum absolute atomic E-state index is 17.4. The van der Waals surface area contributed by atoms with Crippen LogP contribution < -0.4 is 41.0 Å². The van der Waals surface area contributed by atoms with Crippen LogP contribution in [0.1, 0.15) is 149 Å². The van der Waals surface area contributed by atoms with Gasteiger partial charge in [-0.15, -0.1) is 0 Å². The molecule has 6 aliphatic heterocycles. The number of fused-ring (bicyclic) bond motifs is 15. The van der Waals surface area contributed by atoms with Crippen LogP contribution in [0.4, 0.5) is 62.3 Å². The van der Waals surface area contributed by atoms with Gasteiger partial charge in [0, 0.05) is 112 Å². The van der Waals surface area contributed by atoms with Gasteiger partial charge in [0.15, 0.2) is 17.5 Å². The van der Waals surface area contributed by atoms with Crippen molar-refractivity contribution in [3.8, 4) is 73.4 Å². The molecule has 6 atom stereocenters. The van der Waals surface area contributed by atoms with Gasteiger partial charge >= 0.3 is 0 Å². The Hall–Kier alpha value is -14.4. The summed E-state index contributed by atoms with van der Waals surface area (Å²) >= 11 is 0. The second-order valence-electron chi connectivity index (χ2n) is 41.1. The van der Waals surface area contributed by atoms with Gasteiger partial charge in [-0.3, -0.25) is 47.3 Å². The van der Waals surface area contributed by atoms with E-state index in [1.807, 2.05) is 172 Å². The summed E-state index contributed by atoms with van der Waals surface area (Å²) in [5, 5.41) is 32.2. The van der Waals surface area contributed by atoms with Crippen molar-refractivity contribution in [1.82, 2.24) is 43.1 Å². The Balaban J connectivity index is 0.000000158. The monoisotopic (exact) mass is 2020 g/mol. The third kappa shape index (κ3) is 18.6. The molecule has 3 N–H and O–H groups in total. The number of pyridine rings is 3. The molecule has 33 heteroatoms. The predicted molar refractivity (Wildman–Crippen MR) is 558 cm³/mol. The lowest BCUT2D eigenvalue weighted by atomic mass is 9.89. The highest BCUT2D eigenvalue weighted by Crippen LogP contribution is 2.52. The number of rotatable bonds is 18. The quantitative estimate of drug-likeness (QED) is 0.0535. The summed E-state index contributed by atoms with van der Waals surface area (Å²) in [6.45, 7) is 37.0. The molecule has 0 saturated carbocycles. The number of hydrogen-bond donors (Lipinski definition) is 3. The minimum absolute atomic E-state index is 0.0271. The number of ether oxygens (including phenoxy) is 1. The highest BCUT2D eigenvalue weighted by atomic mass is 19.2. The number of benzene rings is 9. The first-order valence-electron chi connectivity index (χ1n) is 49.2. The van der Waals surface area contributed by atoms with Crippen LogP contribution in [0.2, 0.25) is 0 Å². The van der Waals surface area contributed by atoms with E-state index in [1.54, 1.807) is 28.5 Å². The van der Waals surface area contributed by atoms with E-state index in [1.165, 1.54) is 67.0 Å². The molecule has 3 saturated heterocycles. The van der Waals surface area contributed by atoms with Crippen molar-refractivity contribution >= 4 is 79.1 Å². The van der Waals surface area contributed by atoms with Gasteiger partial charge in [-0.25, -0.2) is 39.5 Å². The summed E-state index contributed by atoms with van der Waals surface area (Å²) in [6, 6.07) is 22.7. The Morgan fingerprint density at radius 1 is 0.408 bits per heavy atom. The normalized spacial score (nSPS) is 17.6. The first-order chi connectivity index (χ1) is 69.6. The third-order valence-electron chi connectivity index (χ3n) is 29.0. The number of halogens is 9. The predicted octanol–water partition coefficient (Wildman–Crippen LogP) is 19.3. The summed E-state index contributed by atoms with van der Waals surface area (Å²) in [4.78, 5) is 115. The van der Waals surface area contributed by atoms with E-state index < -0.39 is 138 Å². The van der Waals surface area contributed by atoms with Crippen molar-refractivity contribution in [3.63, 3.8) is 0 Å². The summed E-state index contributed by atoms with van der Waals surface area (Å²) in [5.41, 5.74) is 2.74. The zero-order valence-corrected chi connectivity index (χ0v) is 86.0. The maximum Gasteiger partial charge on any atom is 0.300 e. The van der Waals surface area contributed by atoms with Crippen LogP contribution in [-0.4, -0.2) is 214 Å². The average Bonchev–Trinajstić information content (AvgIpc) is 1.26. The molecule has 3 aromatic heterocycles. The lowest BCUT2D eigenvalue weighted by Gasteiger charge is -2.50. The van der Waals surface area contributed by atoms with Gasteiger partial charge < -0.3 is 69.1 Å². The first kappa shape index (κ1) is 105. The maximum atomic E-state index is 17.4. The van der Waals surface area contributed by atoms with Crippen molar-refractivity contribution in [2.24, 2.45) is 0 Å². The molecule has 9 heterocycles. The second-order valence-corrected chi connectivity index (χ2v) is 41.1. The smallest absolute Gasteiger partial charge is 0.300 e. The van der Waals surface area contributed by atoms with E-state index in [9.17, 15) is 44.1 Å². The molecule has 0 spiro atoms. The number of likely N-dealkylation sites (N-methyl/N-ethyl adjacent to an activating group) is 1. The number of carbonyl (C=O) groups is 4. The Kier molecular flexibility index (Phi) is 29.5. The number of phenols is 3. The van der Waals surface area contributed by atoms with Crippen molar-refractivity contribution in [1.29, 1.82) is 0 Å². The number of piperazine rings is 3. The molecule has 6 unspecified atom stereocenters. The summed E-state index contributed by atoms with van der Waals surface area (Å²) in [5.74, 6) is -13.7. The molecule has 18 rings (SSSR count). The van der Waals surface area contributed by atoms with E-state index in [0.29, 0.717) is 97.0 Å². The van der Waals surface area contributed by atoms with Crippen molar-refractivity contribution in [2.75, 3.05) is 115 Å². The Morgan fingerprint density at radius 3 is 1.10 bits per heavy atom. The fraction of sp³-hybridized carbons (Fsp3) is 0.360. The van der Waals surface area contributed by atoms with Crippen LogP contribution in [0.25, 0.3) is 83.2 Å². The highest BCUT2D eigenvalue weighted by molar-refractivity contribution is 6.13. The van der Waals surface area contributed by atoms with Gasteiger partial charge in [-0.05, 0) is 237 Å². The Morgan fingerprint density at radius 2 is 0.741 bits per heavy atom. The van der Waals surface area contributed by atoms with Crippen LogP contribution in [0, 0.1) is 73.1 Å². The number of aryl methyl sites for hydroxylation is 3. The molecule has 4 amide bonds. The molecule has 24 nitrogen and oxygen atoms in total. The molecule has 12 aromatic rings. The topological polar surface area (TPSA) is 237 Å². The fourth-order valence-electron chi connectivity index (χ4n) is 22.6. The van der Waals surface area contributed by atoms with Crippen molar-refractivity contribution in [2.45, 2.75) is 176 Å².